The fourth-order valence-electron chi connectivity index (χ4n) is 0.463. The van der Waals surface area contributed by atoms with Gasteiger partial charge in [-0.25, -0.2) is 0 Å². The maximum atomic E-state index is 5.16. The van der Waals surface area contributed by atoms with Crippen LogP contribution >= 0.6 is 11.8 Å². The first-order valence-electron chi connectivity index (χ1n) is 4.13. The minimum absolute atomic E-state index is 0.718. The first-order chi connectivity index (χ1) is 6.20. The van der Waals surface area contributed by atoms with Crippen LogP contribution < -0.4 is 5.73 Å². The van der Waals surface area contributed by atoms with Gasteiger partial charge in [-0.15, -0.1) is 0 Å². The monoisotopic (exact) mass is 198 g/mol. The van der Waals surface area contributed by atoms with Crippen LogP contribution in [0, 0.1) is 0 Å². The van der Waals surface area contributed by atoms with Gasteiger partial charge in [-0.1, -0.05) is 38.8 Å². The van der Waals surface area contributed by atoms with E-state index in [1.165, 1.54) is 18.0 Å². The van der Waals surface area contributed by atoms with Gasteiger partial charge in [0, 0.05) is 11.1 Å². The van der Waals surface area contributed by atoms with Gasteiger partial charge >= 0.3 is 0 Å². The van der Waals surface area contributed by atoms with Crippen molar-refractivity contribution in [2.24, 2.45) is 10.7 Å². The molecule has 0 aliphatic carbocycles. The third-order valence-corrected chi connectivity index (χ3v) is 1.54. The van der Waals surface area contributed by atoms with Crippen LogP contribution in [0.3, 0.4) is 0 Å². The van der Waals surface area contributed by atoms with Gasteiger partial charge in [0.1, 0.15) is 0 Å². The molecule has 0 radical (unpaired) electrons. The maximum Gasteiger partial charge on any atom is 0.0931 e. The van der Waals surface area contributed by atoms with E-state index in [1.807, 2.05) is 20.8 Å². The lowest BCUT2D eigenvalue weighted by Crippen LogP contribution is -1.77. The molecule has 0 aliphatic heterocycles. The highest BCUT2D eigenvalue weighted by Crippen LogP contribution is 2.23. The first kappa shape index (κ1) is 14.6. The molecule has 0 atom stereocenters. The molecule has 74 valence electrons. The predicted octanol–water partition coefficient (Wildman–Crippen LogP) is 3.29. The molecular formula is C10H18N2S. The van der Waals surface area contributed by atoms with Gasteiger partial charge in [0.15, 0.2) is 0 Å². The van der Waals surface area contributed by atoms with E-state index in [0.29, 0.717) is 0 Å². The van der Waals surface area contributed by atoms with Crippen molar-refractivity contribution in [2.45, 2.75) is 20.8 Å². The molecule has 0 rings (SSSR count). The van der Waals surface area contributed by atoms with Gasteiger partial charge in [-0.05, 0) is 19.2 Å². The zero-order valence-electron chi connectivity index (χ0n) is 8.58. The number of nitrogens with zero attached hydrogens (tertiary/aromatic N) is 1. The van der Waals surface area contributed by atoms with Crippen molar-refractivity contribution >= 4 is 18.0 Å². The third-order valence-electron chi connectivity index (χ3n) is 0.804. The number of thioether (sulfide) groups is 1. The minimum Gasteiger partial charge on any atom is -0.405 e. The van der Waals surface area contributed by atoms with Crippen LogP contribution in [-0.2, 0) is 0 Å². The molecule has 0 bridgehead atoms. The summed E-state index contributed by atoms with van der Waals surface area (Å²) in [4.78, 5) is 4.79. The summed E-state index contributed by atoms with van der Waals surface area (Å²) in [6.07, 6.45) is 4.84. The lowest BCUT2D eigenvalue weighted by Gasteiger charge is -1.96. The molecule has 0 unspecified atom stereocenters. The quantitative estimate of drug-likeness (QED) is 0.556. The summed E-state index contributed by atoms with van der Waals surface area (Å²) < 4.78 is 0. The highest BCUT2D eigenvalue weighted by atomic mass is 32.2. The Hall–Kier alpha value is -0.960. The molecular weight excluding hydrogens is 180 g/mol. The molecule has 0 saturated carbocycles. The van der Waals surface area contributed by atoms with E-state index < -0.39 is 0 Å². The number of nitrogens with two attached hydrogens (primary N) is 1. The number of hydrogen-bond acceptors (Lipinski definition) is 3. The van der Waals surface area contributed by atoms with Crippen molar-refractivity contribution in [2.75, 3.05) is 0 Å². The maximum absolute atomic E-state index is 5.16. The van der Waals surface area contributed by atoms with Gasteiger partial charge in [0.2, 0.25) is 0 Å². The second-order valence-electron chi connectivity index (χ2n) is 1.71. The number of rotatable bonds is 4. The first-order valence-corrected chi connectivity index (χ1v) is 4.95. The lowest BCUT2D eigenvalue weighted by atomic mass is 10.6. The van der Waals surface area contributed by atoms with E-state index in [1.54, 1.807) is 12.3 Å². The second kappa shape index (κ2) is 11.0. The van der Waals surface area contributed by atoms with Gasteiger partial charge in [0.25, 0.3) is 0 Å². The molecule has 2 nitrogen and oxygen atoms in total. The SMILES string of the molecule is C=C(/C=C\N)SC(=C)/N=C\C.CC. The molecule has 0 aromatic rings. The average Bonchev–Trinajstić information content (AvgIpc) is 2.08. The molecule has 0 amide bonds. The fraction of sp³-hybridized carbons (Fsp3) is 0.300. The highest BCUT2D eigenvalue weighted by molar-refractivity contribution is 8.06. The van der Waals surface area contributed by atoms with Gasteiger partial charge in [-0.3, -0.25) is 4.99 Å². The summed E-state index contributed by atoms with van der Waals surface area (Å²) in [5, 5.41) is 0.718. The molecule has 2 N–H and O–H groups in total. The van der Waals surface area contributed by atoms with Gasteiger partial charge in [0.05, 0.1) is 5.03 Å². The Morgan fingerprint density at radius 1 is 1.38 bits per heavy atom. The van der Waals surface area contributed by atoms with Crippen LogP contribution in [0.5, 0.6) is 0 Å². The number of hydrogen-bond donors (Lipinski definition) is 1. The molecule has 0 aromatic heterocycles. The average molecular weight is 198 g/mol. The van der Waals surface area contributed by atoms with Gasteiger partial charge in [-0.2, -0.15) is 0 Å². The summed E-state index contributed by atoms with van der Waals surface area (Å²) in [5.41, 5.74) is 5.16. The Balaban J connectivity index is 0. The zero-order chi connectivity index (χ0) is 10.7. The Kier molecular flexibility index (Phi) is 12.4. The Labute approximate surface area is 85.3 Å². The fourth-order valence-corrected chi connectivity index (χ4v) is 1.07. The lowest BCUT2D eigenvalue weighted by molar-refractivity contribution is 1.50. The summed E-state index contributed by atoms with van der Waals surface area (Å²) in [6, 6.07) is 0. The molecule has 0 saturated heterocycles. The van der Waals surface area contributed by atoms with E-state index >= 15 is 0 Å². The van der Waals surface area contributed by atoms with E-state index in [9.17, 15) is 0 Å². The largest absolute Gasteiger partial charge is 0.405 e. The molecule has 0 aliphatic rings. The Morgan fingerprint density at radius 3 is 2.31 bits per heavy atom. The van der Waals surface area contributed by atoms with Crippen molar-refractivity contribution in [3.63, 3.8) is 0 Å². The highest BCUT2D eigenvalue weighted by Gasteiger charge is 1.91. The molecule has 0 aromatic carbocycles. The standard InChI is InChI=1S/C8H12N2S.C2H6/c1-4-10-8(3)11-7(2)5-6-9;1-2/h4-6H,2-3,9H2,1H3;1-2H3/b6-5-,10-4-;. The van der Waals surface area contributed by atoms with Gasteiger partial charge < -0.3 is 5.73 Å². The van der Waals surface area contributed by atoms with Crippen molar-refractivity contribution in [1.82, 2.24) is 0 Å². The predicted molar refractivity (Wildman–Crippen MR) is 64.7 cm³/mol. The van der Waals surface area contributed by atoms with Crippen molar-refractivity contribution in [3.05, 3.63) is 35.4 Å². The Bertz CT molecular complexity index is 183. The van der Waals surface area contributed by atoms with Crippen molar-refractivity contribution in [3.8, 4) is 0 Å². The molecule has 0 fully saturated rings. The van der Waals surface area contributed by atoms with Crippen molar-refractivity contribution < 1.29 is 0 Å². The third kappa shape index (κ3) is 11.0. The van der Waals surface area contributed by atoms with Crippen LogP contribution in [0.4, 0.5) is 0 Å². The second-order valence-corrected chi connectivity index (χ2v) is 2.91. The summed E-state index contributed by atoms with van der Waals surface area (Å²) in [5.74, 6) is 0. The van der Waals surface area contributed by atoms with Crippen LogP contribution in [0.25, 0.3) is 0 Å². The van der Waals surface area contributed by atoms with Crippen LogP contribution in [-0.4, -0.2) is 6.21 Å². The molecule has 13 heavy (non-hydrogen) atoms. The minimum atomic E-state index is 0.718. The summed E-state index contributed by atoms with van der Waals surface area (Å²) in [6.45, 7) is 13.3. The smallest absolute Gasteiger partial charge is 0.0931 e. The van der Waals surface area contributed by atoms with Crippen LogP contribution in [0.2, 0.25) is 0 Å². The Morgan fingerprint density at radius 2 is 1.92 bits per heavy atom. The summed E-state index contributed by atoms with van der Waals surface area (Å²) >= 11 is 1.40. The van der Waals surface area contributed by atoms with Crippen LogP contribution in [0.15, 0.2) is 40.4 Å². The number of allylic oxidation sites excluding steroid dienone is 1. The zero-order valence-corrected chi connectivity index (χ0v) is 9.40. The van der Waals surface area contributed by atoms with E-state index in [0.717, 1.165) is 9.93 Å². The molecule has 0 heterocycles. The summed E-state index contributed by atoms with van der Waals surface area (Å²) in [7, 11) is 0. The molecule has 0 spiro atoms. The molecule has 3 heteroatoms. The van der Waals surface area contributed by atoms with E-state index in [4.69, 9.17) is 5.73 Å². The van der Waals surface area contributed by atoms with E-state index in [-0.39, 0.29) is 0 Å². The van der Waals surface area contributed by atoms with E-state index in [2.05, 4.69) is 18.2 Å². The normalized spacial score (nSPS) is 9.77. The van der Waals surface area contributed by atoms with Crippen molar-refractivity contribution in [1.29, 1.82) is 0 Å². The number of aliphatic imine (C=N–C) groups is 1. The van der Waals surface area contributed by atoms with Crippen LogP contribution in [0.1, 0.15) is 20.8 Å². The topological polar surface area (TPSA) is 38.4 Å².